The summed E-state index contributed by atoms with van der Waals surface area (Å²) in [6.45, 7) is 6.30. The van der Waals surface area contributed by atoms with E-state index < -0.39 is 0 Å². The maximum Gasteiger partial charge on any atom is 0.235 e. The Morgan fingerprint density at radius 3 is 2.33 bits per heavy atom. The zero-order valence-electron chi connectivity index (χ0n) is 14.6. The number of hydrogen-bond acceptors (Lipinski definition) is 6. The number of aromatic nitrogens is 2. The molecule has 1 aromatic carbocycles. The summed E-state index contributed by atoms with van der Waals surface area (Å²) < 4.78 is 1.78. The number of carbonyl (C=O) groups excluding carboxylic acids is 1. The number of rotatable bonds is 7. The molecule has 0 aliphatic carbocycles. The first-order valence-corrected chi connectivity index (χ1v) is 10.5. The number of benzene rings is 1. The highest BCUT2D eigenvalue weighted by molar-refractivity contribution is 8.03. The molecule has 2 rings (SSSR count). The van der Waals surface area contributed by atoms with Gasteiger partial charge in [0.05, 0.1) is 5.25 Å². The van der Waals surface area contributed by atoms with E-state index in [-0.39, 0.29) is 11.2 Å². The molecule has 0 bridgehead atoms. The van der Waals surface area contributed by atoms with Crippen LogP contribution in [0.25, 0.3) is 0 Å². The summed E-state index contributed by atoms with van der Waals surface area (Å²) in [5, 5.41) is 8.26. The van der Waals surface area contributed by atoms with Crippen LogP contribution in [0.5, 0.6) is 0 Å². The smallest absolute Gasteiger partial charge is 0.235 e. The van der Waals surface area contributed by atoms with Crippen molar-refractivity contribution in [3.05, 3.63) is 35.4 Å². The molecule has 2 aromatic rings. The van der Waals surface area contributed by atoms with Crippen LogP contribution < -0.4 is 0 Å². The molecule has 0 radical (unpaired) electrons. The number of carbonyl (C=O) groups is 1. The maximum absolute atomic E-state index is 11.9. The molecule has 0 aliphatic rings. The van der Waals surface area contributed by atoms with E-state index in [1.807, 2.05) is 6.92 Å². The van der Waals surface area contributed by atoms with Gasteiger partial charge in [0, 0.05) is 19.8 Å². The topological polar surface area (TPSA) is 46.1 Å². The molecule has 1 unspecified atom stereocenters. The minimum absolute atomic E-state index is 0.0923. The quantitative estimate of drug-likeness (QED) is 0.660. The van der Waals surface area contributed by atoms with Gasteiger partial charge in [-0.25, -0.2) is 0 Å². The standard InChI is InChI=1S/C17H23N3OS3/c1-11(2)14-8-6-13(7-9-14)10-22-16-18-19-17(24-16)23-12(3)15(21)20(4)5/h6-9,11-12H,10H2,1-5H3. The molecular formula is C17H23N3OS3. The summed E-state index contributed by atoms with van der Waals surface area (Å²) in [7, 11) is 3.54. The number of nitrogens with zero attached hydrogens (tertiary/aromatic N) is 3. The van der Waals surface area contributed by atoms with Crippen molar-refractivity contribution in [2.45, 2.75) is 46.4 Å². The van der Waals surface area contributed by atoms with E-state index in [0.717, 1.165) is 14.4 Å². The van der Waals surface area contributed by atoms with Crippen molar-refractivity contribution >= 4 is 40.8 Å². The van der Waals surface area contributed by atoms with Crippen LogP contribution in [-0.4, -0.2) is 40.3 Å². The second-order valence-corrected chi connectivity index (χ2v) is 9.80. The van der Waals surface area contributed by atoms with Gasteiger partial charge >= 0.3 is 0 Å². The Kier molecular flexibility index (Phi) is 7.13. The van der Waals surface area contributed by atoms with E-state index in [1.165, 1.54) is 22.9 Å². The summed E-state index contributed by atoms with van der Waals surface area (Å²) >= 11 is 4.71. The lowest BCUT2D eigenvalue weighted by Gasteiger charge is -2.14. The van der Waals surface area contributed by atoms with E-state index >= 15 is 0 Å². The zero-order chi connectivity index (χ0) is 17.7. The van der Waals surface area contributed by atoms with Crippen LogP contribution in [-0.2, 0) is 10.5 Å². The monoisotopic (exact) mass is 381 g/mol. The molecule has 1 heterocycles. The van der Waals surface area contributed by atoms with Crippen LogP contribution >= 0.6 is 34.9 Å². The first-order chi connectivity index (χ1) is 11.4. The number of amides is 1. The molecule has 0 saturated carbocycles. The van der Waals surface area contributed by atoms with Gasteiger partial charge in [-0.2, -0.15) is 0 Å². The molecule has 0 fully saturated rings. The molecule has 130 valence electrons. The highest BCUT2D eigenvalue weighted by atomic mass is 32.2. The van der Waals surface area contributed by atoms with Crippen molar-refractivity contribution in [1.82, 2.24) is 15.1 Å². The third-order valence-corrected chi connectivity index (χ3v) is 6.76. The first kappa shape index (κ1) is 19.3. The molecule has 24 heavy (non-hydrogen) atoms. The third kappa shape index (κ3) is 5.50. The lowest BCUT2D eigenvalue weighted by Crippen LogP contribution is -2.29. The fourth-order valence-electron chi connectivity index (χ4n) is 2.01. The number of thioether (sulfide) groups is 2. The van der Waals surface area contributed by atoms with Gasteiger partial charge in [-0.3, -0.25) is 4.79 Å². The molecule has 4 nitrogen and oxygen atoms in total. The largest absolute Gasteiger partial charge is 0.348 e. The van der Waals surface area contributed by atoms with Crippen LogP contribution in [0.15, 0.2) is 32.9 Å². The van der Waals surface area contributed by atoms with Crippen molar-refractivity contribution < 1.29 is 4.79 Å². The van der Waals surface area contributed by atoms with Crippen molar-refractivity contribution in [3.63, 3.8) is 0 Å². The van der Waals surface area contributed by atoms with Crippen LogP contribution in [0.4, 0.5) is 0 Å². The molecule has 1 amide bonds. The number of hydrogen-bond donors (Lipinski definition) is 0. The van der Waals surface area contributed by atoms with Crippen molar-refractivity contribution in [3.8, 4) is 0 Å². The van der Waals surface area contributed by atoms with Crippen LogP contribution in [0.3, 0.4) is 0 Å². The van der Waals surface area contributed by atoms with E-state index in [1.54, 1.807) is 42.1 Å². The average molecular weight is 382 g/mol. The molecule has 1 aromatic heterocycles. The zero-order valence-corrected chi connectivity index (χ0v) is 17.1. The van der Waals surface area contributed by atoms with E-state index in [9.17, 15) is 4.79 Å². The summed E-state index contributed by atoms with van der Waals surface area (Å²) in [5.74, 6) is 1.53. The van der Waals surface area contributed by atoms with Crippen molar-refractivity contribution in [2.75, 3.05) is 14.1 Å². The summed E-state index contributed by atoms with van der Waals surface area (Å²) in [6.07, 6.45) is 0. The van der Waals surface area contributed by atoms with Gasteiger partial charge < -0.3 is 4.90 Å². The molecule has 0 saturated heterocycles. The SMILES string of the molecule is CC(Sc1nnc(SCc2ccc(C(C)C)cc2)s1)C(=O)N(C)C. The van der Waals surface area contributed by atoms with Gasteiger partial charge in [0.15, 0.2) is 8.68 Å². The van der Waals surface area contributed by atoms with Gasteiger partial charge in [0.1, 0.15) is 0 Å². The van der Waals surface area contributed by atoms with Gasteiger partial charge in [0.25, 0.3) is 0 Å². The molecule has 0 spiro atoms. The second-order valence-electron chi connectivity index (χ2n) is 6.01. The lowest BCUT2D eigenvalue weighted by atomic mass is 10.0. The fraction of sp³-hybridized carbons (Fsp3) is 0.471. The Bertz CT molecular complexity index is 668. The maximum atomic E-state index is 11.9. The summed E-state index contributed by atoms with van der Waals surface area (Å²) in [4.78, 5) is 13.5. The lowest BCUT2D eigenvalue weighted by molar-refractivity contribution is -0.127. The van der Waals surface area contributed by atoms with Crippen molar-refractivity contribution in [1.29, 1.82) is 0 Å². The Labute approximate surface area is 156 Å². The summed E-state index contributed by atoms with van der Waals surface area (Å²) in [6, 6.07) is 8.74. The van der Waals surface area contributed by atoms with Gasteiger partial charge in [-0.1, -0.05) is 73.0 Å². The molecule has 0 N–H and O–H groups in total. The molecular weight excluding hydrogens is 358 g/mol. The predicted octanol–water partition coefficient (Wildman–Crippen LogP) is 4.52. The Balaban J connectivity index is 1.88. The van der Waals surface area contributed by atoms with Gasteiger partial charge in [0.2, 0.25) is 5.91 Å². The Hall–Kier alpha value is -1.05. The van der Waals surface area contributed by atoms with E-state index in [2.05, 4.69) is 48.3 Å². The van der Waals surface area contributed by atoms with Crippen molar-refractivity contribution in [2.24, 2.45) is 0 Å². The highest BCUT2D eigenvalue weighted by Crippen LogP contribution is 2.33. The Morgan fingerprint density at radius 1 is 1.12 bits per heavy atom. The minimum atomic E-state index is -0.144. The minimum Gasteiger partial charge on any atom is -0.348 e. The molecule has 7 heteroatoms. The fourth-order valence-corrected chi connectivity index (χ4v) is 5.28. The molecule has 1 atom stereocenters. The second kappa shape index (κ2) is 8.87. The van der Waals surface area contributed by atoms with E-state index in [4.69, 9.17) is 0 Å². The van der Waals surface area contributed by atoms with Gasteiger partial charge in [-0.15, -0.1) is 10.2 Å². The average Bonchev–Trinajstić information content (AvgIpc) is 2.99. The molecule has 0 aliphatic heterocycles. The normalized spacial score (nSPS) is 12.4. The van der Waals surface area contributed by atoms with E-state index in [0.29, 0.717) is 5.92 Å². The summed E-state index contributed by atoms with van der Waals surface area (Å²) in [5.41, 5.74) is 2.64. The third-order valence-electron chi connectivity index (χ3n) is 3.46. The van der Waals surface area contributed by atoms with Crippen LogP contribution in [0.1, 0.15) is 37.8 Å². The van der Waals surface area contributed by atoms with Gasteiger partial charge in [-0.05, 0) is 24.0 Å². The Morgan fingerprint density at radius 2 is 1.75 bits per heavy atom. The first-order valence-electron chi connectivity index (χ1n) is 7.79. The van der Waals surface area contributed by atoms with Crippen LogP contribution in [0.2, 0.25) is 0 Å². The predicted molar refractivity (Wildman–Crippen MR) is 104 cm³/mol. The van der Waals surface area contributed by atoms with Crippen LogP contribution in [0, 0.1) is 0 Å². The highest BCUT2D eigenvalue weighted by Gasteiger charge is 2.18.